The molecule has 5 heteroatoms. The number of carbonyl (C=O) groups excluding carboxylic acids is 1. The van der Waals surface area contributed by atoms with E-state index in [1.165, 1.54) is 12.1 Å². The standard InChI is InChI=1S/C16H14FNO3/c1-10-15(21-14-9-5-4-8-13(14)20-10)16(19)18-12-7-3-2-6-11(12)17/h2-10,15H,1H3,(H,18,19)/t10-,15+/m1/s1. The summed E-state index contributed by atoms with van der Waals surface area (Å²) >= 11 is 0. The van der Waals surface area contributed by atoms with E-state index in [0.717, 1.165) is 0 Å². The molecule has 0 radical (unpaired) electrons. The largest absolute Gasteiger partial charge is 0.482 e. The summed E-state index contributed by atoms with van der Waals surface area (Å²) in [5.74, 6) is 0.168. The Morgan fingerprint density at radius 3 is 2.38 bits per heavy atom. The third-order valence-corrected chi connectivity index (χ3v) is 3.23. The van der Waals surface area contributed by atoms with E-state index in [9.17, 15) is 9.18 Å². The van der Waals surface area contributed by atoms with Crippen molar-refractivity contribution in [2.24, 2.45) is 0 Å². The van der Waals surface area contributed by atoms with Crippen molar-refractivity contribution >= 4 is 11.6 Å². The molecule has 0 unspecified atom stereocenters. The van der Waals surface area contributed by atoms with Gasteiger partial charge in [0.25, 0.3) is 5.91 Å². The van der Waals surface area contributed by atoms with E-state index in [1.54, 1.807) is 37.3 Å². The van der Waals surface area contributed by atoms with Crippen LogP contribution in [-0.2, 0) is 4.79 Å². The van der Waals surface area contributed by atoms with E-state index in [0.29, 0.717) is 11.5 Å². The quantitative estimate of drug-likeness (QED) is 0.923. The molecule has 0 aliphatic carbocycles. The molecule has 0 saturated heterocycles. The van der Waals surface area contributed by atoms with E-state index >= 15 is 0 Å². The monoisotopic (exact) mass is 287 g/mol. The molecule has 1 heterocycles. The first-order valence-corrected chi connectivity index (χ1v) is 6.63. The van der Waals surface area contributed by atoms with Gasteiger partial charge in [0, 0.05) is 0 Å². The number of ether oxygens (including phenoxy) is 2. The Labute approximate surface area is 121 Å². The summed E-state index contributed by atoms with van der Waals surface area (Å²) in [6.45, 7) is 1.74. The molecule has 0 bridgehead atoms. The molecule has 1 amide bonds. The van der Waals surface area contributed by atoms with Crippen LogP contribution in [0.25, 0.3) is 0 Å². The van der Waals surface area contributed by atoms with Crippen molar-refractivity contribution in [3.8, 4) is 11.5 Å². The maximum Gasteiger partial charge on any atom is 0.269 e. The van der Waals surface area contributed by atoms with Crippen molar-refractivity contribution in [2.75, 3.05) is 5.32 Å². The van der Waals surface area contributed by atoms with Crippen LogP contribution in [0.15, 0.2) is 48.5 Å². The van der Waals surface area contributed by atoms with Gasteiger partial charge in [-0.1, -0.05) is 24.3 Å². The second kappa shape index (κ2) is 5.44. The first-order valence-electron chi connectivity index (χ1n) is 6.63. The highest BCUT2D eigenvalue weighted by atomic mass is 19.1. The van der Waals surface area contributed by atoms with Crippen molar-refractivity contribution in [1.82, 2.24) is 0 Å². The third kappa shape index (κ3) is 2.67. The number of amides is 1. The zero-order valence-electron chi connectivity index (χ0n) is 11.4. The molecule has 2 atom stereocenters. The maximum absolute atomic E-state index is 13.6. The first-order chi connectivity index (χ1) is 10.1. The molecular formula is C16H14FNO3. The summed E-state index contributed by atoms with van der Waals surface area (Å²) in [6, 6.07) is 13.1. The van der Waals surface area contributed by atoms with Crippen LogP contribution in [0.1, 0.15) is 6.92 Å². The van der Waals surface area contributed by atoms with Gasteiger partial charge < -0.3 is 14.8 Å². The Bertz CT molecular complexity index is 674. The lowest BCUT2D eigenvalue weighted by Gasteiger charge is -2.31. The Hall–Kier alpha value is -2.56. The lowest BCUT2D eigenvalue weighted by Crippen LogP contribution is -2.46. The van der Waals surface area contributed by atoms with E-state index in [1.807, 2.05) is 6.07 Å². The van der Waals surface area contributed by atoms with Gasteiger partial charge in [-0.25, -0.2) is 4.39 Å². The van der Waals surface area contributed by atoms with Gasteiger partial charge in [0.15, 0.2) is 11.5 Å². The summed E-state index contributed by atoms with van der Waals surface area (Å²) < 4.78 is 24.9. The zero-order chi connectivity index (χ0) is 14.8. The van der Waals surface area contributed by atoms with Crippen LogP contribution in [0.3, 0.4) is 0 Å². The number of para-hydroxylation sites is 3. The highest BCUT2D eigenvalue weighted by Crippen LogP contribution is 2.33. The fourth-order valence-corrected chi connectivity index (χ4v) is 2.17. The molecule has 4 nitrogen and oxygen atoms in total. The molecule has 2 aromatic carbocycles. The van der Waals surface area contributed by atoms with E-state index in [2.05, 4.69) is 5.32 Å². The Kier molecular flexibility index (Phi) is 3.48. The van der Waals surface area contributed by atoms with Crippen LogP contribution in [0.5, 0.6) is 11.5 Å². The van der Waals surface area contributed by atoms with Crippen molar-refractivity contribution in [1.29, 1.82) is 0 Å². The fraction of sp³-hybridized carbons (Fsp3) is 0.188. The summed E-state index contributed by atoms with van der Waals surface area (Å²) in [4.78, 5) is 12.3. The van der Waals surface area contributed by atoms with Crippen LogP contribution >= 0.6 is 0 Å². The highest BCUT2D eigenvalue weighted by Gasteiger charge is 2.34. The van der Waals surface area contributed by atoms with Gasteiger partial charge in [-0.2, -0.15) is 0 Å². The number of rotatable bonds is 2. The van der Waals surface area contributed by atoms with Crippen molar-refractivity contribution in [2.45, 2.75) is 19.1 Å². The van der Waals surface area contributed by atoms with Gasteiger partial charge in [0.1, 0.15) is 11.9 Å². The van der Waals surface area contributed by atoms with E-state index < -0.39 is 23.9 Å². The number of carbonyl (C=O) groups is 1. The SMILES string of the molecule is C[C@H]1Oc2ccccc2O[C@@H]1C(=O)Nc1ccccc1F. The number of halogens is 1. The molecule has 3 rings (SSSR count). The maximum atomic E-state index is 13.6. The van der Waals surface area contributed by atoms with E-state index in [-0.39, 0.29) is 5.69 Å². The molecule has 0 aromatic heterocycles. The second-order valence-electron chi connectivity index (χ2n) is 4.78. The summed E-state index contributed by atoms with van der Waals surface area (Å²) in [5.41, 5.74) is 0.122. The molecule has 0 fully saturated rings. The predicted octanol–water partition coefficient (Wildman–Crippen LogP) is 2.99. The van der Waals surface area contributed by atoms with Gasteiger partial charge in [0.05, 0.1) is 5.69 Å². The van der Waals surface area contributed by atoms with Gasteiger partial charge in [-0.05, 0) is 31.2 Å². The summed E-state index contributed by atoms with van der Waals surface area (Å²) in [5, 5.41) is 2.52. The van der Waals surface area contributed by atoms with Crippen LogP contribution in [0.2, 0.25) is 0 Å². The molecule has 21 heavy (non-hydrogen) atoms. The number of benzene rings is 2. The average Bonchev–Trinajstić information content (AvgIpc) is 2.49. The number of hydrogen-bond donors (Lipinski definition) is 1. The Morgan fingerprint density at radius 1 is 1.05 bits per heavy atom. The lowest BCUT2D eigenvalue weighted by atomic mass is 10.1. The topological polar surface area (TPSA) is 47.6 Å². The molecule has 0 saturated carbocycles. The number of hydrogen-bond acceptors (Lipinski definition) is 3. The number of fused-ring (bicyclic) bond motifs is 1. The second-order valence-corrected chi connectivity index (χ2v) is 4.78. The van der Waals surface area contributed by atoms with Crippen LogP contribution in [0.4, 0.5) is 10.1 Å². The van der Waals surface area contributed by atoms with Gasteiger partial charge in [0.2, 0.25) is 6.10 Å². The first kappa shape index (κ1) is 13.4. The smallest absolute Gasteiger partial charge is 0.269 e. The van der Waals surface area contributed by atoms with Crippen molar-refractivity contribution in [3.05, 3.63) is 54.3 Å². The Balaban J connectivity index is 1.78. The minimum atomic E-state index is -0.834. The van der Waals surface area contributed by atoms with Gasteiger partial charge in [-0.3, -0.25) is 4.79 Å². The minimum Gasteiger partial charge on any atom is -0.482 e. The summed E-state index contributed by atoms with van der Waals surface area (Å²) in [7, 11) is 0. The molecule has 2 aromatic rings. The van der Waals surface area contributed by atoms with Crippen LogP contribution in [0, 0.1) is 5.82 Å². The van der Waals surface area contributed by atoms with Gasteiger partial charge in [-0.15, -0.1) is 0 Å². The highest BCUT2D eigenvalue weighted by molar-refractivity contribution is 5.95. The van der Waals surface area contributed by atoms with Crippen molar-refractivity contribution < 1.29 is 18.7 Å². The van der Waals surface area contributed by atoms with Gasteiger partial charge >= 0.3 is 0 Å². The number of nitrogens with one attached hydrogen (secondary N) is 1. The number of anilines is 1. The molecular weight excluding hydrogens is 273 g/mol. The van der Waals surface area contributed by atoms with E-state index in [4.69, 9.17) is 9.47 Å². The summed E-state index contributed by atoms with van der Waals surface area (Å²) in [6.07, 6.45) is -1.30. The third-order valence-electron chi connectivity index (χ3n) is 3.23. The zero-order valence-corrected chi connectivity index (χ0v) is 11.4. The van der Waals surface area contributed by atoms with Crippen LogP contribution in [-0.4, -0.2) is 18.1 Å². The lowest BCUT2D eigenvalue weighted by molar-refractivity contribution is -0.128. The van der Waals surface area contributed by atoms with Crippen molar-refractivity contribution in [3.63, 3.8) is 0 Å². The average molecular weight is 287 g/mol. The van der Waals surface area contributed by atoms with Crippen LogP contribution < -0.4 is 14.8 Å². The normalized spacial score (nSPS) is 19.9. The molecule has 1 N–H and O–H groups in total. The fourth-order valence-electron chi connectivity index (χ4n) is 2.17. The molecule has 0 spiro atoms. The minimum absolute atomic E-state index is 0.122. The Morgan fingerprint density at radius 2 is 1.67 bits per heavy atom. The predicted molar refractivity (Wildman–Crippen MR) is 76.0 cm³/mol. The molecule has 1 aliphatic heterocycles. The molecule has 1 aliphatic rings. The molecule has 108 valence electrons.